The summed E-state index contributed by atoms with van der Waals surface area (Å²) in [7, 11) is -4.10. The van der Waals surface area contributed by atoms with Gasteiger partial charge in [-0.05, 0) is 12.8 Å². The van der Waals surface area contributed by atoms with Crippen LogP contribution in [-0.4, -0.2) is 78.9 Å². The van der Waals surface area contributed by atoms with Gasteiger partial charge < -0.3 is 14.9 Å². The second-order valence-electron chi connectivity index (χ2n) is 5.77. The van der Waals surface area contributed by atoms with Crippen LogP contribution in [0, 0.1) is 0 Å². The van der Waals surface area contributed by atoms with E-state index in [1.807, 2.05) is 6.92 Å². The molecule has 0 aliphatic carbocycles. The molecule has 140 valence electrons. The van der Waals surface area contributed by atoms with Gasteiger partial charge in [0.1, 0.15) is 0 Å². The van der Waals surface area contributed by atoms with E-state index in [0.29, 0.717) is 13.0 Å². The topological polar surface area (TPSA) is 107 Å². The highest BCUT2D eigenvalue weighted by atomic mass is 32.2. The third-order valence-corrected chi connectivity index (χ3v) is 4.51. The van der Waals surface area contributed by atoms with Gasteiger partial charge in [0, 0.05) is 19.2 Å². The standard InChI is InChI=1S/C15H33NO6S/c1-3-5-7-14(11-17)16(8-10-23(19,20)21)15(12-18)13-22-9-6-4-2/h14-15,17-18H,3-13H2,1-2H3,(H,19,20,21). The number of aliphatic hydroxyl groups excluding tert-OH is 2. The molecule has 2 atom stereocenters. The Bertz CT molecular complexity index is 376. The molecule has 0 amide bonds. The molecular formula is C15H33NO6S. The van der Waals surface area contributed by atoms with Crippen molar-refractivity contribution in [1.29, 1.82) is 0 Å². The number of hydrogen-bond acceptors (Lipinski definition) is 6. The molecule has 0 saturated heterocycles. The molecule has 0 saturated carbocycles. The molecule has 0 aromatic heterocycles. The molecule has 0 heterocycles. The summed E-state index contributed by atoms with van der Waals surface area (Å²) < 4.78 is 36.6. The largest absolute Gasteiger partial charge is 0.395 e. The first-order valence-corrected chi connectivity index (χ1v) is 10.0. The molecule has 0 aromatic rings. The number of ether oxygens (including phenoxy) is 1. The van der Waals surface area contributed by atoms with E-state index in [4.69, 9.17) is 9.29 Å². The summed E-state index contributed by atoms with van der Waals surface area (Å²) in [5.41, 5.74) is 0. The van der Waals surface area contributed by atoms with Gasteiger partial charge in [-0.2, -0.15) is 8.42 Å². The Labute approximate surface area is 140 Å². The Morgan fingerprint density at radius 2 is 1.65 bits per heavy atom. The summed E-state index contributed by atoms with van der Waals surface area (Å²) in [4.78, 5) is 1.75. The Hall–Kier alpha value is -0.250. The van der Waals surface area contributed by atoms with Crippen LogP contribution in [0.15, 0.2) is 0 Å². The quantitative estimate of drug-likeness (QED) is 0.296. The zero-order valence-corrected chi connectivity index (χ0v) is 15.2. The van der Waals surface area contributed by atoms with Crippen LogP contribution < -0.4 is 0 Å². The molecule has 0 spiro atoms. The predicted octanol–water partition coefficient (Wildman–Crippen LogP) is 0.905. The van der Waals surface area contributed by atoms with Crippen molar-refractivity contribution in [2.45, 2.75) is 58.0 Å². The molecule has 0 aliphatic heterocycles. The summed E-state index contributed by atoms with van der Waals surface area (Å²) in [5, 5.41) is 19.3. The second kappa shape index (κ2) is 13.1. The van der Waals surface area contributed by atoms with Gasteiger partial charge in [-0.3, -0.25) is 9.45 Å². The fourth-order valence-electron chi connectivity index (χ4n) is 2.40. The van der Waals surface area contributed by atoms with Crippen molar-refractivity contribution in [2.75, 3.05) is 38.7 Å². The zero-order valence-electron chi connectivity index (χ0n) is 14.4. The fraction of sp³-hybridized carbons (Fsp3) is 1.00. The maximum Gasteiger partial charge on any atom is 0.266 e. The normalized spacial score (nSPS) is 15.0. The molecule has 0 fully saturated rings. The van der Waals surface area contributed by atoms with Gasteiger partial charge in [0.25, 0.3) is 10.1 Å². The van der Waals surface area contributed by atoms with Crippen molar-refractivity contribution in [3.05, 3.63) is 0 Å². The van der Waals surface area contributed by atoms with Crippen molar-refractivity contribution in [1.82, 2.24) is 4.90 Å². The van der Waals surface area contributed by atoms with Gasteiger partial charge in [0.05, 0.1) is 31.6 Å². The summed E-state index contributed by atoms with van der Waals surface area (Å²) >= 11 is 0. The van der Waals surface area contributed by atoms with E-state index < -0.39 is 21.9 Å². The maximum atomic E-state index is 11.0. The Morgan fingerprint density at radius 3 is 2.13 bits per heavy atom. The van der Waals surface area contributed by atoms with E-state index in [9.17, 15) is 18.6 Å². The van der Waals surface area contributed by atoms with Crippen LogP contribution in [0.25, 0.3) is 0 Å². The van der Waals surface area contributed by atoms with Crippen LogP contribution in [0.5, 0.6) is 0 Å². The number of unbranched alkanes of at least 4 members (excludes halogenated alkanes) is 2. The molecule has 7 nitrogen and oxygen atoms in total. The van der Waals surface area contributed by atoms with Gasteiger partial charge >= 0.3 is 0 Å². The molecule has 0 aliphatic rings. The third kappa shape index (κ3) is 11.0. The lowest BCUT2D eigenvalue weighted by Crippen LogP contribution is -2.50. The smallest absolute Gasteiger partial charge is 0.266 e. The van der Waals surface area contributed by atoms with Crippen LogP contribution in [0.2, 0.25) is 0 Å². The van der Waals surface area contributed by atoms with Crippen LogP contribution in [0.1, 0.15) is 46.0 Å². The highest BCUT2D eigenvalue weighted by Crippen LogP contribution is 2.13. The molecule has 0 aromatic carbocycles. The molecular weight excluding hydrogens is 322 g/mol. The first kappa shape index (κ1) is 22.8. The third-order valence-electron chi connectivity index (χ3n) is 3.81. The number of nitrogens with zero attached hydrogens (tertiary/aromatic N) is 1. The Morgan fingerprint density at radius 1 is 1.04 bits per heavy atom. The molecule has 0 rings (SSSR count). The van der Waals surface area contributed by atoms with E-state index in [-0.39, 0.29) is 32.4 Å². The molecule has 8 heteroatoms. The lowest BCUT2D eigenvalue weighted by atomic mass is 10.1. The van der Waals surface area contributed by atoms with Gasteiger partial charge in [-0.15, -0.1) is 0 Å². The lowest BCUT2D eigenvalue weighted by molar-refractivity contribution is -0.00256. The van der Waals surface area contributed by atoms with E-state index in [2.05, 4.69) is 6.92 Å². The second-order valence-corrected chi connectivity index (χ2v) is 7.34. The van der Waals surface area contributed by atoms with Crippen molar-refractivity contribution in [3.8, 4) is 0 Å². The van der Waals surface area contributed by atoms with Crippen LogP contribution in [0.3, 0.4) is 0 Å². The Balaban J connectivity index is 4.86. The summed E-state index contributed by atoms with van der Waals surface area (Å²) in [6, 6.07) is -0.661. The van der Waals surface area contributed by atoms with Crippen molar-refractivity contribution in [3.63, 3.8) is 0 Å². The van der Waals surface area contributed by atoms with Crippen LogP contribution in [0.4, 0.5) is 0 Å². The Kier molecular flexibility index (Phi) is 12.9. The molecule has 0 radical (unpaired) electrons. The first-order valence-electron chi connectivity index (χ1n) is 8.39. The van der Waals surface area contributed by atoms with Crippen LogP contribution >= 0.6 is 0 Å². The summed E-state index contributed by atoms with van der Waals surface area (Å²) in [6.45, 7) is 4.67. The molecule has 0 bridgehead atoms. The van der Waals surface area contributed by atoms with Crippen molar-refractivity contribution in [2.24, 2.45) is 0 Å². The predicted molar refractivity (Wildman–Crippen MR) is 90.1 cm³/mol. The number of aliphatic hydroxyl groups is 2. The zero-order chi connectivity index (χ0) is 17.7. The fourth-order valence-corrected chi connectivity index (χ4v) is 2.85. The average molecular weight is 355 g/mol. The van der Waals surface area contributed by atoms with Crippen molar-refractivity contribution >= 4 is 10.1 Å². The minimum Gasteiger partial charge on any atom is -0.395 e. The van der Waals surface area contributed by atoms with E-state index in [0.717, 1.165) is 25.7 Å². The highest BCUT2D eigenvalue weighted by molar-refractivity contribution is 7.85. The minimum absolute atomic E-state index is 0.0517. The van der Waals surface area contributed by atoms with Gasteiger partial charge in [-0.1, -0.05) is 33.1 Å². The lowest BCUT2D eigenvalue weighted by Gasteiger charge is -2.36. The summed E-state index contributed by atoms with van der Waals surface area (Å²) in [5.74, 6) is -0.429. The van der Waals surface area contributed by atoms with Gasteiger partial charge in [0.2, 0.25) is 0 Å². The minimum atomic E-state index is -4.10. The molecule has 2 unspecified atom stereocenters. The SMILES string of the molecule is CCCCOCC(CO)N(CCS(=O)(=O)O)C(CO)CCCC. The summed E-state index contributed by atoms with van der Waals surface area (Å²) in [6.07, 6.45) is 4.47. The highest BCUT2D eigenvalue weighted by Gasteiger charge is 2.26. The average Bonchev–Trinajstić information content (AvgIpc) is 2.50. The molecule has 3 N–H and O–H groups in total. The van der Waals surface area contributed by atoms with Crippen molar-refractivity contribution < 1.29 is 27.9 Å². The monoisotopic (exact) mass is 355 g/mol. The van der Waals surface area contributed by atoms with Crippen LogP contribution in [-0.2, 0) is 14.9 Å². The van der Waals surface area contributed by atoms with E-state index >= 15 is 0 Å². The van der Waals surface area contributed by atoms with E-state index in [1.165, 1.54) is 0 Å². The maximum absolute atomic E-state index is 11.0. The van der Waals surface area contributed by atoms with Gasteiger partial charge in [-0.25, -0.2) is 0 Å². The van der Waals surface area contributed by atoms with E-state index in [1.54, 1.807) is 4.90 Å². The number of hydrogen-bond donors (Lipinski definition) is 3. The number of rotatable bonds is 15. The molecule has 23 heavy (non-hydrogen) atoms. The first-order chi connectivity index (χ1) is 10.9. The van der Waals surface area contributed by atoms with Gasteiger partial charge in [0.15, 0.2) is 0 Å².